The number of ether oxygens (including phenoxy) is 1. The molecule has 0 aromatic heterocycles. The molecule has 0 unspecified atom stereocenters. The molecule has 1 aliphatic rings. The van der Waals surface area contributed by atoms with E-state index in [1.807, 2.05) is 30.3 Å². The van der Waals surface area contributed by atoms with Crippen molar-refractivity contribution in [2.24, 2.45) is 0 Å². The maximum atomic E-state index is 13.3. The third-order valence-corrected chi connectivity index (χ3v) is 4.64. The number of rotatable bonds is 6. The Kier molecular flexibility index (Phi) is 5.68. The van der Waals surface area contributed by atoms with E-state index in [2.05, 4.69) is 17.1 Å². The molecule has 1 fully saturated rings. The van der Waals surface area contributed by atoms with Gasteiger partial charge in [-0.3, -0.25) is 4.90 Å². The molecule has 1 N–H and O–H groups in total. The van der Waals surface area contributed by atoms with Gasteiger partial charge in [-0.15, -0.1) is 0 Å². The van der Waals surface area contributed by atoms with E-state index in [4.69, 9.17) is 4.74 Å². The van der Waals surface area contributed by atoms with Crippen molar-refractivity contribution in [3.63, 3.8) is 0 Å². The molecule has 1 saturated heterocycles. The van der Waals surface area contributed by atoms with Crippen molar-refractivity contribution in [3.8, 4) is 5.75 Å². The first-order valence-corrected chi connectivity index (χ1v) is 8.69. The molecule has 1 aliphatic heterocycles. The third kappa shape index (κ3) is 4.49. The van der Waals surface area contributed by atoms with Crippen molar-refractivity contribution in [2.45, 2.75) is 18.4 Å². The van der Waals surface area contributed by atoms with Crippen LogP contribution in [-0.4, -0.2) is 41.2 Å². The summed E-state index contributed by atoms with van der Waals surface area (Å²) in [6.45, 7) is 1.98. The van der Waals surface area contributed by atoms with Gasteiger partial charge >= 0.3 is 5.97 Å². The lowest BCUT2D eigenvalue weighted by Crippen LogP contribution is -2.53. The van der Waals surface area contributed by atoms with Gasteiger partial charge < -0.3 is 9.84 Å². The molecule has 0 aliphatic carbocycles. The van der Waals surface area contributed by atoms with Crippen LogP contribution in [0.3, 0.4) is 0 Å². The van der Waals surface area contributed by atoms with Gasteiger partial charge in [0, 0.05) is 38.5 Å². The van der Waals surface area contributed by atoms with Crippen LogP contribution in [-0.2, 0) is 4.79 Å². The molecule has 0 amide bonds. The molecule has 136 valence electrons. The normalized spacial score (nSPS) is 17.3. The number of carboxylic acids is 1. The Labute approximate surface area is 152 Å². The van der Waals surface area contributed by atoms with Crippen molar-refractivity contribution < 1.29 is 19.0 Å². The minimum absolute atomic E-state index is 0.254. The molecule has 0 bridgehead atoms. The van der Waals surface area contributed by atoms with Crippen LogP contribution >= 0.6 is 0 Å². The van der Waals surface area contributed by atoms with Crippen molar-refractivity contribution in [1.82, 2.24) is 4.90 Å². The van der Waals surface area contributed by atoms with E-state index in [1.165, 1.54) is 18.2 Å². The molecule has 3 rings (SSSR count). The van der Waals surface area contributed by atoms with Crippen LogP contribution in [0.2, 0.25) is 0 Å². The predicted molar refractivity (Wildman–Crippen MR) is 98.5 cm³/mol. The van der Waals surface area contributed by atoms with Gasteiger partial charge in [0.2, 0.25) is 5.60 Å². The van der Waals surface area contributed by atoms with Crippen LogP contribution < -0.4 is 4.74 Å². The van der Waals surface area contributed by atoms with Crippen LogP contribution in [0.25, 0.3) is 6.08 Å². The molecule has 0 saturated carbocycles. The highest BCUT2D eigenvalue weighted by atomic mass is 19.1. The SMILES string of the molecule is O=C(O)C1(Oc2cccc(F)c2)CCN(C/C=C/c2ccccc2)CC1. The Bertz CT molecular complexity index is 768. The van der Waals surface area contributed by atoms with E-state index < -0.39 is 17.4 Å². The second-order valence-electron chi connectivity index (χ2n) is 6.47. The number of hydrogen-bond acceptors (Lipinski definition) is 3. The van der Waals surface area contributed by atoms with Crippen LogP contribution in [0.15, 0.2) is 60.7 Å². The third-order valence-electron chi connectivity index (χ3n) is 4.64. The molecular weight excluding hydrogens is 333 g/mol. The first-order chi connectivity index (χ1) is 12.6. The van der Waals surface area contributed by atoms with Crippen LogP contribution in [0.4, 0.5) is 4.39 Å². The zero-order valence-electron chi connectivity index (χ0n) is 14.5. The summed E-state index contributed by atoms with van der Waals surface area (Å²) in [6.07, 6.45) is 4.86. The second kappa shape index (κ2) is 8.15. The predicted octanol–water partition coefficient (Wildman–Crippen LogP) is 3.84. The number of likely N-dealkylation sites (tertiary alicyclic amines) is 1. The smallest absolute Gasteiger partial charge is 0.348 e. The van der Waals surface area contributed by atoms with Crippen molar-refractivity contribution in [3.05, 3.63) is 72.1 Å². The fourth-order valence-electron chi connectivity index (χ4n) is 3.11. The lowest BCUT2D eigenvalue weighted by molar-refractivity contribution is -0.159. The number of carbonyl (C=O) groups is 1. The largest absolute Gasteiger partial charge is 0.478 e. The summed E-state index contributed by atoms with van der Waals surface area (Å²) in [7, 11) is 0. The molecule has 5 heteroatoms. The van der Waals surface area contributed by atoms with Gasteiger partial charge in [-0.2, -0.15) is 0 Å². The van der Waals surface area contributed by atoms with Crippen molar-refractivity contribution in [1.29, 1.82) is 0 Å². The lowest BCUT2D eigenvalue weighted by Gasteiger charge is -2.38. The van der Waals surface area contributed by atoms with Gasteiger partial charge in [-0.05, 0) is 17.7 Å². The average molecular weight is 355 g/mol. The highest BCUT2D eigenvalue weighted by Gasteiger charge is 2.43. The summed E-state index contributed by atoms with van der Waals surface area (Å²) < 4.78 is 19.1. The Balaban J connectivity index is 1.59. The summed E-state index contributed by atoms with van der Waals surface area (Å²) in [5.41, 5.74) is -0.160. The maximum absolute atomic E-state index is 13.3. The standard InChI is InChI=1S/C21H22FNO3/c22-18-9-4-10-19(16-18)26-21(20(24)25)11-14-23(15-12-21)13-5-8-17-6-2-1-3-7-17/h1-10,16H,11-15H2,(H,24,25)/b8-5+. The maximum Gasteiger partial charge on any atom is 0.348 e. The van der Waals surface area contributed by atoms with E-state index in [-0.39, 0.29) is 5.75 Å². The second-order valence-corrected chi connectivity index (χ2v) is 6.47. The molecule has 26 heavy (non-hydrogen) atoms. The van der Waals surface area contributed by atoms with Crippen molar-refractivity contribution >= 4 is 12.0 Å². The van der Waals surface area contributed by atoms with E-state index in [1.54, 1.807) is 6.07 Å². The molecule has 1 heterocycles. The Hall–Kier alpha value is -2.66. The van der Waals surface area contributed by atoms with Crippen molar-refractivity contribution in [2.75, 3.05) is 19.6 Å². The number of piperidine rings is 1. The summed E-state index contributed by atoms with van der Waals surface area (Å²) in [5, 5.41) is 9.68. The van der Waals surface area contributed by atoms with Gasteiger partial charge in [-0.25, -0.2) is 9.18 Å². The van der Waals surface area contributed by atoms with Crippen LogP contribution in [0.5, 0.6) is 5.75 Å². The quantitative estimate of drug-likeness (QED) is 0.855. The highest BCUT2D eigenvalue weighted by Crippen LogP contribution is 2.29. The van der Waals surface area contributed by atoms with E-state index in [0.717, 1.165) is 12.1 Å². The summed E-state index contributed by atoms with van der Waals surface area (Å²) in [6, 6.07) is 15.7. The minimum atomic E-state index is -1.30. The summed E-state index contributed by atoms with van der Waals surface area (Å²) in [4.78, 5) is 14.0. The Morgan fingerprint density at radius 3 is 2.54 bits per heavy atom. The van der Waals surface area contributed by atoms with E-state index in [9.17, 15) is 14.3 Å². The average Bonchev–Trinajstić information content (AvgIpc) is 2.64. The molecule has 2 aromatic carbocycles. The van der Waals surface area contributed by atoms with Gasteiger partial charge in [0.25, 0.3) is 0 Å². The number of hydrogen-bond donors (Lipinski definition) is 1. The fourth-order valence-corrected chi connectivity index (χ4v) is 3.11. The Morgan fingerprint density at radius 1 is 1.15 bits per heavy atom. The molecule has 0 spiro atoms. The molecule has 2 aromatic rings. The fraction of sp³-hybridized carbons (Fsp3) is 0.286. The van der Waals surface area contributed by atoms with E-state index >= 15 is 0 Å². The lowest BCUT2D eigenvalue weighted by atomic mass is 9.91. The minimum Gasteiger partial charge on any atom is -0.478 e. The number of benzene rings is 2. The summed E-state index contributed by atoms with van der Waals surface area (Å²) in [5.74, 6) is -1.18. The molecule has 4 nitrogen and oxygen atoms in total. The number of carboxylic acid groups (broad SMARTS) is 1. The zero-order valence-corrected chi connectivity index (χ0v) is 14.5. The van der Waals surface area contributed by atoms with Gasteiger partial charge in [0.1, 0.15) is 11.6 Å². The van der Waals surface area contributed by atoms with Gasteiger partial charge in [-0.1, -0.05) is 48.6 Å². The molecular formula is C21H22FNO3. The molecule has 0 atom stereocenters. The zero-order chi connectivity index (χ0) is 18.4. The highest BCUT2D eigenvalue weighted by molar-refractivity contribution is 5.78. The molecule has 0 radical (unpaired) electrons. The van der Waals surface area contributed by atoms with Gasteiger partial charge in [0.15, 0.2) is 0 Å². The van der Waals surface area contributed by atoms with Gasteiger partial charge in [0.05, 0.1) is 0 Å². The first kappa shape index (κ1) is 18.1. The van der Waals surface area contributed by atoms with Crippen LogP contribution in [0.1, 0.15) is 18.4 Å². The topological polar surface area (TPSA) is 49.8 Å². The number of nitrogens with zero attached hydrogens (tertiary/aromatic N) is 1. The Morgan fingerprint density at radius 2 is 1.88 bits per heavy atom. The summed E-state index contributed by atoms with van der Waals surface area (Å²) >= 11 is 0. The van der Waals surface area contributed by atoms with E-state index in [0.29, 0.717) is 25.9 Å². The van der Waals surface area contributed by atoms with Crippen LogP contribution in [0, 0.1) is 5.82 Å². The number of aliphatic carboxylic acids is 1. The number of halogens is 1. The first-order valence-electron chi connectivity index (χ1n) is 8.69. The monoisotopic (exact) mass is 355 g/mol.